The molecule has 1 N–H and O–H groups in total. The van der Waals surface area contributed by atoms with E-state index in [0.29, 0.717) is 21.8 Å². The molecule has 0 aromatic heterocycles. The van der Waals surface area contributed by atoms with Crippen LogP contribution in [-0.2, 0) is 23.9 Å². The van der Waals surface area contributed by atoms with Gasteiger partial charge in [0, 0.05) is 34.3 Å². The van der Waals surface area contributed by atoms with Gasteiger partial charge in [0.15, 0.2) is 11.6 Å². The first kappa shape index (κ1) is 22.8. The number of hydrogen-bond acceptors (Lipinski definition) is 8. The lowest BCUT2D eigenvalue weighted by molar-refractivity contribution is -0.137. The molecule has 0 radical (unpaired) electrons. The third kappa shape index (κ3) is 3.18. The number of ether oxygens (including phenoxy) is 2. The van der Waals surface area contributed by atoms with Gasteiger partial charge in [-0.25, -0.2) is 4.79 Å². The maximum absolute atomic E-state index is 13.3. The van der Waals surface area contributed by atoms with E-state index in [1.807, 2.05) is 0 Å². The van der Waals surface area contributed by atoms with E-state index in [9.17, 15) is 29.1 Å². The number of imide groups is 3. The van der Waals surface area contributed by atoms with Crippen LogP contribution in [0.4, 0.5) is 4.79 Å². The number of aromatic hydroxyl groups is 1. The molecule has 0 saturated carbocycles. The molecule has 4 aliphatic rings. The topological polar surface area (TPSA) is 127 Å². The minimum atomic E-state index is -1.04. The van der Waals surface area contributed by atoms with Crippen molar-refractivity contribution in [2.75, 3.05) is 14.2 Å². The lowest BCUT2D eigenvalue weighted by Gasteiger charge is -2.42. The number of allylic oxidation sites excluding steroid dienone is 6. The number of nitrogens with zero attached hydrogens (tertiary/aromatic N) is 1. The second-order valence-corrected chi connectivity index (χ2v) is 9.14. The number of rotatable bonds is 2. The van der Waals surface area contributed by atoms with Crippen molar-refractivity contribution in [3.05, 3.63) is 58.2 Å². The van der Waals surface area contributed by atoms with Gasteiger partial charge in [0.2, 0.25) is 11.8 Å². The van der Waals surface area contributed by atoms with Crippen LogP contribution in [0, 0.1) is 17.8 Å². The third-order valence-corrected chi connectivity index (χ3v) is 7.47. The Bertz CT molecular complexity index is 1320. The average Bonchev–Trinajstić information content (AvgIpc) is 3.10. The quantitative estimate of drug-likeness (QED) is 0.391. The van der Waals surface area contributed by atoms with Crippen LogP contribution >= 0.6 is 0 Å². The number of hydrogen-bond donors (Lipinski definition) is 1. The Labute approximate surface area is 200 Å². The fraction of sp³-hybridized carbons (Fsp3) is 0.346. The Morgan fingerprint density at radius 1 is 1.09 bits per heavy atom. The number of methoxy groups -OCH3 is 2. The van der Waals surface area contributed by atoms with Crippen LogP contribution in [0.2, 0.25) is 0 Å². The summed E-state index contributed by atoms with van der Waals surface area (Å²) in [5.41, 5.74) is 1.89. The summed E-state index contributed by atoms with van der Waals surface area (Å²) in [7, 11) is 2.55. The van der Waals surface area contributed by atoms with Gasteiger partial charge in [-0.05, 0) is 37.8 Å². The van der Waals surface area contributed by atoms with Gasteiger partial charge < -0.3 is 14.6 Å². The fourth-order valence-electron chi connectivity index (χ4n) is 5.90. The second-order valence-electron chi connectivity index (χ2n) is 9.14. The minimum Gasteiger partial charge on any atom is -0.507 e. The van der Waals surface area contributed by atoms with Crippen LogP contribution in [0.3, 0.4) is 0 Å². The monoisotopic (exact) mass is 477 g/mol. The lowest BCUT2D eigenvalue weighted by atomic mass is 9.59. The summed E-state index contributed by atoms with van der Waals surface area (Å²) >= 11 is 0. The molecule has 3 amide bonds. The normalized spacial score (nSPS) is 27.7. The van der Waals surface area contributed by atoms with Crippen molar-refractivity contribution in [2.45, 2.75) is 25.7 Å². The van der Waals surface area contributed by atoms with Gasteiger partial charge in [0.25, 0.3) is 0 Å². The van der Waals surface area contributed by atoms with Crippen molar-refractivity contribution in [1.29, 1.82) is 0 Å². The van der Waals surface area contributed by atoms with E-state index in [4.69, 9.17) is 4.74 Å². The Hall–Kier alpha value is -4.01. The number of Topliss-reactive ketones (excluding diaryl/α,β-unsaturated/α-hetero) is 1. The van der Waals surface area contributed by atoms with Crippen molar-refractivity contribution >= 4 is 29.5 Å². The Kier molecular flexibility index (Phi) is 5.23. The molecule has 0 bridgehead atoms. The number of phenols is 1. The maximum atomic E-state index is 13.3. The van der Waals surface area contributed by atoms with Crippen LogP contribution < -0.4 is 4.74 Å². The molecule has 1 fully saturated rings. The number of ketones is 2. The van der Waals surface area contributed by atoms with E-state index in [1.54, 1.807) is 25.1 Å². The molecule has 0 unspecified atom stereocenters. The van der Waals surface area contributed by atoms with E-state index in [2.05, 4.69) is 4.74 Å². The van der Waals surface area contributed by atoms with Crippen molar-refractivity contribution in [2.24, 2.45) is 17.8 Å². The summed E-state index contributed by atoms with van der Waals surface area (Å²) in [4.78, 5) is 65.3. The number of carbonyl (C=O) groups is 5. The van der Waals surface area contributed by atoms with Gasteiger partial charge in [-0.2, -0.15) is 4.90 Å². The predicted octanol–water partition coefficient (Wildman–Crippen LogP) is 2.60. The zero-order valence-corrected chi connectivity index (χ0v) is 19.4. The zero-order valence-electron chi connectivity index (χ0n) is 19.4. The van der Waals surface area contributed by atoms with E-state index < -0.39 is 41.6 Å². The van der Waals surface area contributed by atoms with E-state index in [0.717, 1.165) is 7.11 Å². The van der Waals surface area contributed by atoms with Crippen molar-refractivity contribution in [1.82, 2.24) is 4.90 Å². The number of carbonyl (C=O) groups excluding carboxylic acids is 5. The van der Waals surface area contributed by atoms with Gasteiger partial charge in [-0.3, -0.25) is 19.2 Å². The first-order valence-corrected chi connectivity index (χ1v) is 11.2. The summed E-state index contributed by atoms with van der Waals surface area (Å²) < 4.78 is 9.83. The second kappa shape index (κ2) is 8.04. The van der Waals surface area contributed by atoms with Crippen molar-refractivity contribution in [3.8, 4) is 11.5 Å². The number of phenolic OH excluding ortho intramolecular Hbond substituents is 1. The molecule has 1 saturated heterocycles. The number of benzene rings is 1. The van der Waals surface area contributed by atoms with E-state index in [1.165, 1.54) is 19.3 Å². The first-order chi connectivity index (χ1) is 16.7. The zero-order chi connectivity index (χ0) is 25.2. The fourth-order valence-corrected chi connectivity index (χ4v) is 5.90. The number of likely N-dealkylation sites (tertiary alicyclic amines) is 1. The summed E-state index contributed by atoms with van der Waals surface area (Å²) in [5, 5.41) is 10.9. The molecule has 9 heteroatoms. The highest BCUT2D eigenvalue weighted by Gasteiger charge is 2.58. The minimum absolute atomic E-state index is 0.0829. The van der Waals surface area contributed by atoms with Crippen LogP contribution in [0.1, 0.15) is 31.2 Å². The van der Waals surface area contributed by atoms with E-state index in [-0.39, 0.29) is 46.9 Å². The summed E-state index contributed by atoms with van der Waals surface area (Å²) in [6.45, 7) is 1.56. The molecule has 180 valence electrons. The van der Waals surface area contributed by atoms with Gasteiger partial charge in [0.05, 0.1) is 26.1 Å². The van der Waals surface area contributed by atoms with Crippen LogP contribution in [0.5, 0.6) is 11.5 Å². The predicted molar refractivity (Wildman–Crippen MR) is 120 cm³/mol. The highest BCUT2D eigenvalue weighted by atomic mass is 16.5. The molecular formula is C26H23NO8. The maximum Gasteiger partial charge on any atom is 0.423 e. The van der Waals surface area contributed by atoms with Gasteiger partial charge in [0.1, 0.15) is 11.5 Å². The third-order valence-electron chi connectivity index (χ3n) is 7.47. The summed E-state index contributed by atoms with van der Waals surface area (Å²) in [6.07, 6.45) is 2.32. The molecular weight excluding hydrogens is 454 g/mol. The molecule has 1 aromatic carbocycles. The largest absolute Gasteiger partial charge is 0.507 e. The standard InChI is InChI=1S/C26H23NO8/c1-11-8-19(29)22-17(23(11)30)10-16-13(20(22)14-5-4-12(34-2)9-18(14)28)6-7-15-21(16)25(32)27(24(15)31)26(33)35-3/h4-6,8-9,15-16,20-21,28H,7,10H2,1-3H3/t15-,16+,20+,21-/m0/s1. The number of fused-ring (bicyclic) bond motifs is 3. The van der Waals surface area contributed by atoms with Gasteiger partial charge in [-0.1, -0.05) is 17.7 Å². The Balaban J connectivity index is 1.69. The first-order valence-electron chi connectivity index (χ1n) is 11.2. The van der Waals surface area contributed by atoms with Crippen LogP contribution in [0.25, 0.3) is 0 Å². The SMILES string of the molecule is COC(=O)N1C(=O)[C@H]2[C@H](CC=C3[C@H](c4ccc(OC)cc4O)C4=C(C[C@H]32)C(=O)C(C)=CC4=O)C1=O. The molecule has 35 heavy (non-hydrogen) atoms. The highest BCUT2D eigenvalue weighted by Crippen LogP contribution is 2.56. The van der Waals surface area contributed by atoms with Crippen LogP contribution in [-0.4, -0.2) is 53.7 Å². The molecule has 5 rings (SSSR count). The van der Waals surface area contributed by atoms with Gasteiger partial charge >= 0.3 is 6.09 Å². The molecule has 1 aliphatic heterocycles. The number of amides is 3. The lowest BCUT2D eigenvalue weighted by Crippen LogP contribution is -2.40. The molecule has 1 heterocycles. The molecule has 0 spiro atoms. The summed E-state index contributed by atoms with van der Waals surface area (Å²) in [5.74, 6) is -4.69. The Morgan fingerprint density at radius 3 is 2.49 bits per heavy atom. The average molecular weight is 477 g/mol. The van der Waals surface area contributed by atoms with Gasteiger partial charge in [-0.15, -0.1) is 0 Å². The molecule has 9 nitrogen and oxygen atoms in total. The van der Waals surface area contributed by atoms with Crippen molar-refractivity contribution in [3.63, 3.8) is 0 Å². The molecule has 1 aromatic rings. The van der Waals surface area contributed by atoms with E-state index >= 15 is 0 Å². The highest BCUT2D eigenvalue weighted by molar-refractivity contribution is 6.24. The van der Waals surface area contributed by atoms with Crippen molar-refractivity contribution < 1.29 is 38.6 Å². The molecule has 3 aliphatic carbocycles. The summed E-state index contributed by atoms with van der Waals surface area (Å²) in [6, 6.07) is 4.69. The van der Waals surface area contributed by atoms with Crippen LogP contribution in [0.15, 0.2) is 52.6 Å². The smallest absolute Gasteiger partial charge is 0.423 e. The molecule has 4 atom stereocenters. The Morgan fingerprint density at radius 2 is 1.83 bits per heavy atom.